The second kappa shape index (κ2) is 10.3. The van der Waals surface area contributed by atoms with Gasteiger partial charge in [-0.05, 0) is 18.4 Å². The first kappa shape index (κ1) is 22.1. The number of amides is 4. The van der Waals surface area contributed by atoms with Crippen molar-refractivity contribution in [2.45, 2.75) is 52.2 Å². The standard InChI is InChI=1S/C19H28N4O4/c1-11(2)16(22-13(4)24)19(27)23-15(10-14-8-6-5-7-9-14)18(26)21-12(3)17(20)25/h5-9,11-12,15-16H,10H2,1-4H3,(H2,20,25)(H,21,26)(H,22,24)(H,23,27). The Morgan fingerprint density at radius 3 is 2.00 bits per heavy atom. The van der Waals surface area contributed by atoms with E-state index in [1.807, 2.05) is 30.3 Å². The van der Waals surface area contributed by atoms with E-state index in [0.717, 1.165) is 5.56 Å². The van der Waals surface area contributed by atoms with Crippen LogP contribution >= 0.6 is 0 Å². The first-order valence-electron chi connectivity index (χ1n) is 8.83. The first-order chi connectivity index (χ1) is 12.6. The number of primary amides is 1. The van der Waals surface area contributed by atoms with Crippen molar-refractivity contribution in [2.24, 2.45) is 11.7 Å². The fourth-order valence-corrected chi connectivity index (χ4v) is 2.46. The maximum atomic E-state index is 12.6. The van der Waals surface area contributed by atoms with Crippen LogP contribution in [0.3, 0.4) is 0 Å². The molecule has 0 fully saturated rings. The molecule has 0 aromatic heterocycles. The molecule has 8 nitrogen and oxygen atoms in total. The Kier molecular flexibility index (Phi) is 8.44. The van der Waals surface area contributed by atoms with E-state index in [0.29, 0.717) is 0 Å². The Hall–Kier alpha value is -2.90. The lowest BCUT2D eigenvalue weighted by molar-refractivity contribution is -0.133. The fraction of sp³-hybridized carbons (Fsp3) is 0.474. The highest BCUT2D eigenvalue weighted by molar-refractivity contribution is 5.93. The summed E-state index contributed by atoms with van der Waals surface area (Å²) in [7, 11) is 0. The van der Waals surface area contributed by atoms with Crippen LogP contribution in [0.1, 0.15) is 33.3 Å². The number of carbonyl (C=O) groups excluding carboxylic acids is 4. The van der Waals surface area contributed by atoms with Crippen molar-refractivity contribution in [3.8, 4) is 0 Å². The molecule has 148 valence electrons. The summed E-state index contributed by atoms with van der Waals surface area (Å²) >= 11 is 0. The predicted molar refractivity (Wildman–Crippen MR) is 101 cm³/mol. The van der Waals surface area contributed by atoms with Gasteiger partial charge in [-0.25, -0.2) is 0 Å². The van der Waals surface area contributed by atoms with Crippen LogP contribution in [-0.4, -0.2) is 41.8 Å². The number of rotatable bonds is 9. The van der Waals surface area contributed by atoms with E-state index in [-0.39, 0.29) is 18.2 Å². The molecule has 0 heterocycles. The van der Waals surface area contributed by atoms with E-state index in [4.69, 9.17) is 5.73 Å². The molecule has 3 unspecified atom stereocenters. The Morgan fingerprint density at radius 2 is 1.52 bits per heavy atom. The summed E-state index contributed by atoms with van der Waals surface area (Å²) in [4.78, 5) is 47.8. The van der Waals surface area contributed by atoms with Crippen molar-refractivity contribution in [2.75, 3.05) is 0 Å². The minimum atomic E-state index is -0.920. The number of carbonyl (C=O) groups is 4. The predicted octanol–water partition coefficient (Wildman–Crippen LogP) is -0.135. The summed E-state index contributed by atoms with van der Waals surface area (Å²) < 4.78 is 0. The molecule has 0 spiro atoms. The second-order valence-electron chi connectivity index (χ2n) is 6.81. The summed E-state index contributed by atoms with van der Waals surface area (Å²) in [6.07, 6.45) is 0.231. The van der Waals surface area contributed by atoms with Gasteiger partial charge in [-0.15, -0.1) is 0 Å². The molecular weight excluding hydrogens is 348 g/mol. The Bertz CT molecular complexity index is 676. The molecule has 0 radical (unpaired) electrons. The van der Waals surface area contributed by atoms with Crippen molar-refractivity contribution in [3.63, 3.8) is 0 Å². The molecule has 5 N–H and O–H groups in total. The van der Waals surface area contributed by atoms with Gasteiger partial charge in [-0.1, -0.05) is 44.2 Å². The summed E-state index contributed by atoms with van der Waals surface area (Å²) in [5, 5.41) is 7.77. The lowest BCUT2D eigenvalue weighted by atomic mass is 10.0. The number of hydrogen-bond acceptors (Lipinski definition) is 4. The number of nitrogens with one attached hydrogen (secondary N) is 3. The lowest BCUT2D eigenvalue weighted by Gasteiger charge is -2.25. The van der Waals surface area contributed by atoms with E-state index >= 15 is 0 Å². The average Bonchev–Trinajstić information content (AvgIpc) is 2.59. The normalized spacial score (nSPS) is 14.0. The third kappa shape index (κ3) is 7.47. The molecule has 27 heavy (non-hydrogen) atoms. The third-order valence-corrected chi connectivity index (χ3v) is 4.01. The molecule has 0 saturated carbocycles. The lowest BCUT2D eigenvalue weighted by Crippen LogP contribution is -2.57. The SMILES string of the molecule is CC(=O)NC(C(=O)NC(Cc1ccccc1)C(=O)NC(C)C(N)=O)C(C)C. The van der Waals surface area contributed by atoms with Gasteiger partial charge >= 0.3 is 0 Å². The van der Waals surface area contributed by atoms with Gasteiger partial charge < -0.3 is 21.7 Å². The van der Waals surface area contributed by atoms with Crippen LogP contribution in [0.5, 0.6) is 0 Å². The summed E-state index contributed by atoms with van der Waals surface area (Å²) in [6.45, 7) is 6.38. The van der Waals surface area contributed by atoms with Crippen LogP contribution in [0, 0.1) is 5.92 Å². The summed E-state index contributed by atoms with van der Waals surface area (Å²) in [6, 6.07) is 6.59. The van der Waals surface area contributed by atoms with Crippen LogP contribution in [0.25, 0.3) is 0 Å². The van der Waals surface area contributed by atoms with Crippen molar-refractivity contribution in [3.05, 3.63) is 35.9 Å². The monoisotopic (exact) mass is 376 g/mol. The molecule has 1 rings (SSSR count). The average molecular weight is 376 g/mol. The molecule has 0 aliphatic carbocycles. The van der Waals surface area contributed by atoms with Crippen LogP contribution < -0.4 is 21.7 Å². The molecule has 0 bridgehead atoms. The minimum Gasteiger partial charge on any atom is -0.368 e. The van der Waals surface area contributed by atoms with Gasteiger partial charge in [0.2, 0.25) is 23.6 Å². The van der Waals surface area contributed by atoms with Gasteiger partial charge in [0.15, 0.2) is 0 Å². The highest BCUT2D eigenvalue weighted by Gasteiger charge is 2.29. The molecule has 0 saturated heterocycles. The van der Waals surface area contributed by atoms with Gasteiger partial charge in [-0.3, -0.25) is 19.2 Å². The Labute approximate surface area is 159 Å². The van der Waals surface area contributed by atoms with Crippen LogP contribution in [0.2, 0.25) is 0 Å². The minimum absolute atomic E-state index is 0.168. The van der Waals surface area contributed by atoms with Gasteiger partial charge in [0, 0.05) is 13.3 Å². The molecule has 4 amide bonds. The first-order valence-corrected chi connectivity index (χ1v) is 8.83. The Morgan fingerprint density at radius 1 is 0.926 bits per heavy atom. The van der Waals surface area contributed by atoms with E-state index in [1.165, 1.54) is 13.8 Å². The van der Waals surface area contributed by atoms with E-state index in [9.17, 15) is 19.2 Å². The zero-order valence-corrected chi connectivity index (χ0v) is 16.1. The third-order valence-electron chi connectivity index (χ3n) is 4.01. The topological polar surface area (TPSA) is 130 Å². The van der Waals surface area contributed by atoms with Gasteiger partial charge in [0.25, 0.3) is 0 Å². The maximum absolute atomic E-state index is 12.6. The van der Waals surface area contributed by atoms with E-state index < -0.39 is 35.8 Å². The van der Waals surface area contributed by atoms with Crippen molar-refractivity contribution >= 4 is 23.6 Å². The smallest absolute Gasteiger partial charge is 0.243 e. The van der Waals surface area contributed by atoms with Crippen molar-refractivity contribution in [1.82, 2.24) is 16.0 Å². The highest BCUT2D eigenvalue weighted by atomic mass is 16.2. The highest BCUT2D eigenvalue weighted by Crippen LogP contribution is 2.07. The molecule has 0 aliphatic rings. The van der Waals surface area contributed by atoms with Gasteiger partial charge in [0.1, 0.15) is 18.1 Å². The van der Waals surface area contributed by atoms with Crippen LogP contribution in [-0.2, 0) is 25.6 Å². The van der Waals surface area contributed by atoms with E-state index in [1.54, 1.807) is 13.8 Å². The van der Waals surface area contributed by atoms with Crippen molar-refractivity contribution in [1.29, 1.82) is 0 Å². The Balaban J connectivity index is 2.98. The van der Waals surface area contributed by atoms with Crippen molar-refractivity contribution < 1.29 is 19.2 Å². The fourth-order valence-electron chi connectivity index (χ4n) is 2.46. The summed E-state index contributed by atoms with van der Waals surface area (Å²) in [5.74, 6) is -2.17. The maximum Gasteiger partial charge on any atom is 0.243 e. The molecule has 3 atom stereocenters. The zero-order valence-electron chi connectivity index (χ0n) is 16.1. The molecule has 0 aliphatic heterocycles. The molecule has 1 aromatic carbocycles. The van der Waals surface area contributed by atoms with Crippen LogP contribution in [0.4, 0.5) is 0 Å². The number of nitrogens with two attached hydrogens (primary N) is 1. The van der Waals surface area contributed by atoms with Crippen LogP contribution in [0.15, 0.2) is 30.3 Å². The zero-order chi connectivity index (χ0) is 20.6. The molecule has 1 aromatic rings. The van der Waals surface area contributed by atoms with Gasteiger partial charge in [0.05, 0.1) is 0 Å². The quantitative estimate of drug-likeness (QED) is 0.478. The number of benzene rings is 1. The largest absolute Gasteiger partial charge is 0.368 e. The van der Waals surface area contributed by atoms with Gasteiger partial charge in [-0.2, -0.15) is 0 Å². The number of hydrogen-bond donors (Lipinski definition) is 4. The summed E-state index contributed by atoms with van der Waals surface area (Å²) in [5.41, 5.74) is 6.03. The molecular formula is C19H28N4O4. The second-order valence-corrected chi connectivity index (χ2v) is 6.81. The molecule has 8 heteroatoms. The van der Waals surface area contributed by atoms with E-state index in [2.05, 4.69) is 16.0 Å².